The summed E-state index contributed by atoms with van der Waals surface area (Å²) in [6.07, 6.45) is 1.50. The lowest BCUT2D eigenvalue weighted by molar-refractivity contribution is -0.0393. The highest BCUT2D eigenvalue weighted by molar-refractivity contribution is 5.70. The normalized spacial score (nSPS) is 11.6. The minimum Gasteiger partial charge on any atom is -0.493 e. The van der Waals surface area contributed by atoms with Gasteiger partial charge in [-0.3, -0.25) is 4.79 Å². The van der Waals surface area contributed by atoms with Gasteiger partial charge in [0.2, 0.25) is 0 Å². The number of methoxy groups -OCH3 is 2. The number of aromatic amines is 1. The lowest BCUT2D eigenvalue weighted by Gasteiger charge is -2.23. The molecule has 0 bridgehead atoms. The Morgan fingerprint density at radius 3 is 2.47 bits per heavy atom. The van der Waals surface area contributed by atoms with Gasteiger partial charge in [-0.2, -0.15) is 4.98 Å². The zero-order valence-corrected chi connectivity index (χ0v) is 18.6. The summed E-state index contributed by atoms with van der Waals surface area (Å²) in [4.78, 5) is 24.3. The molecule has 166 valence electrons. The Kier molecular flexibility index (Phi) is 5.96. The molecule has 0 amide bonds. The topological polar surface area (TPSA) is 91.3 Å². The molecule has 0 saturated carbocycles. The Labute approximate surface area is 185 Å². The van der Waals surface area contributed by atoms with Gasteiger partial charge >= 0.3 is 0 Å². The molecule has 2 heterocycles. The maximum atomic E-state index is 12.4. The molecule has 0 unspecified atom stereocenters. The second-order valence-corrected chi connectivity index (χ2v) is 7.94. The van der Waals surface area contributed by atoms with Crippen molar-refractivity contribution in [2.75, 3.05) is 14.2 Å². The molecule has 0 aliphatic heterocycles. The summed E-state index contributed by atoms with van der Waals surface area (Å²) in [5, 5.41) is 0. The van der Waals surface area contributed by atoms with Crippen LogP contribution in [-0.2, 0) is 23.5 Å². The van der Waals surface area contributed by atoms with Gasteiger partial charge in [0.05, 0.1) is 27.4 Å². The molecule has 0 atom stereocenters. The number of hydrogen-bond donors (Lipinski definition) is 1. The first-order chi connectivity index (χ1) is 15.4. The summed E-state index contributed by atoms with van der Waals surface area (Å²) in [6.45, 7) is 4.73. The fourth-order valence-corrected chi connectivity index (χ4v) is 3.45. The van der Waals surface area contributed by atoms with Crippen LogP contribution >= 0.6 is 0 Å². The van der Waals surface area contributed by atoms with Gasteiger partial charge in [-0.1, -0.05) is 36.4 Å². The van der Waals surface area contributed by atoms with E-state index in [1.165, 1.54) is 6.33 Å². The number of nitrogens with zero attached hydrogens (tertiary/aromatic N) is 3. The third-order valence-electron chi connectivity index (χ3n) is 5.30. The van der Waals surface area contributed by atoms with E-state index in [4.69, 9.17) is 19.2 Å². The van der Waals surface area contributed by atoms with E-state index in [9.17, 15) is 4.79 Å². The fourth-order valence-electron chi connectivity index (χ4n) is 3.45. The lowest BCUT2D eigenvalue weighted by Crippen LogP contribution is -2.23. The number of imidazole rings is 1. The van der Waals surface area contributed by atoms with Crippen LogP contribution in [-0.4, -0.2) is 33.7 Å². The first-order valence-electron chi connectivity index (χ1n) is 10.3. The van der Waals surface area contributed by atoms with Crippen LogP contribution in [0.25, 0.3) is 11.2 Å². The van der Waals surface area contributed by atoms with Gasteiger partial charge in [0, 0.05) is 0 Å². The molecule has 4 rings (SSSR count). The largest absolute Gasteiger partial charge is 0.493 e. The molecule has 0 saturated heterocycles. The molecule has 0 aliphatic carbocycles. The SMILES string of the molecule is COc1ccc(Cn2cnc(=O)c3[nH]c(C(C)(C)OCc4ccccc4)nc32)cc1OC. The lowest BCUT2D eigenvalue weighted by atomic mass is 10.1. The standard InChI is InChI=1S/C24H26N4O4/c1-24(2,32-14-16-8-6-5-7-9-16)23-26-20-21(27-23)28(15-25-22(20)29)13-17-10-11-18(30-3)19(12-17)31-4/h5-12,15H,13-14H2,1-4H3,(H,26,27). The number of ether oxygens (including phenoxy) is 3. The van der Waals surface area contributed by atoms with Crippen molar-refractivity contribution >= 4 is 11.2 Å². The van der Waals surface area contributed by atoms with E-state index < -0.39 is 5.60 Å². The number of aromatic nitrogens is 4. The highest BCUT2D eigenvalue weighted by atomic mass is 16.5. The molecule has 0 aliphatic rings. The molecule has 8 heteroatoms. The van der Waals surface area contributed by atoms with E-state index in [2.05, 4.69) is 9.97 Å². The van der Waals surface area contributed by atoms with Crippen molar-refractivity contribution in [1.82, 2.24) is 19.5 Å². The van der Waals surface area contributed by atoms with Crippen LogP contribution in [0.1, 0.15) is 30.8 Å². The second-order valence-electron chi connectivity index (χ2n) is 7.94. The van der Waals surface area contributed by atoms with Crippen LogP contribution in [0.4, 0.5) is 0 Å². The van der Waals surface area contributed by atoms with Crippen molar-refractivity contribution in [1.29, 1.82) is 0 Å². The van der Waals surface area contributed by atoms with Gasteiger partial charge in [0.25, 0.3) is 5.56 Å². The molecule has 4 aromatic rings. The number of hydrogen-bond acceptors (Lipinski definition) is 6. The highest BCUT2D eigenvalue weighted by Gasteiger charge is 2.27. The minimum absolute atomic E-state index is 0.347. The van der Waals surface area contributed by atoms with Crippen molar-refractivity contribution in [2.24, 2.45) is 0 Å². The van der Waals surface area contributed by atoms with Crippen molar-refractivity contribution in [3.8, 4) is 11.5 Å². The molecule has 0 radical (unpaired) electrons. The average Bonchev–Trinajstić information content (AvgIpc) is 3.28. The maximum Gasteiger partial charge on any atom is 0.298 e. The number of nitrogens with one attached hydrogen (secondary N) is 1. The van der Waals surface area contributed by atoms with Gasteiger partial charge in [-0.05, 0) is 37.1 Å². The monoisotopic (exact) mass is 434 g/mol. The predicted octanol–water partition coefficient (Wildman–Crippen LogP) is 3.64. The summed E-state index contributed by atoms with van der Waals surface area (Å²) in [5.74, 6) is 1.85. The third-order valence-corrected chi connectivity index (χ3v) is 5.30. The van der Waals surface area contributed by atoms with Crippen LogP contribution < -0.4 is 15.0 Å². The third kappa shape index (κ3) is 4.36. The van der Waals surface area contributed by atoms with Crippen molar-refractivity contribution in [2.45, 2.75) is 32.6 Å². The smallest absolute Gasteiger partial charge is 0.298 e. The van der Waals surface area contributed by atoms with Gasteiger partial charge < -0.3 is 23.8 Å². The first-order valence-corrected chi connectivity index (χ1v) is 10.3. The van der Waals surface area contributed by atoms with E-state index in [0.717, 1.165) is 11.1 Å². The second kappa shape index (κ2) is 8.84. The summed E-state index contributed by atoms with van der Waals surface area (Å²) in [5.41, 5.74) is 1.79. The van der Waals surface area contributed by atoms with Crippen LogP contribution in [0.2, 0.25) is 0 Å². The van der Waals surface area contributed by atoms with Gasteiger partial charge in [0.1, 0.15) is 17.8 Å². The Hall–Kier alpha value is -3.65. The molecule has 0 fully saturated rings. The summed E-state index contributed by atoms with van der Waals surface area (Å²) in [6, 6.07) is 15.6. The molecular weight excluding hydrogens is 408 g/mol. The number of fused-ring (bicyclic) bond motifs is 1. The Bertz CT molecular complexity index is 1280. The Balaban J connectivity index is 1.64. The molecule has 32 heavy (non-hydrogen) atoms. The van der Waals surface area contributed by atoms with Crippen molar-refractivity contribution in [3.05, 3.63) is 82.2 Å². The molecule has 1 N–H and O–H groups in total. The molecule has 2 aromatic carbocycles. The van der Waals surface area contributed by atoms with E-state index in [1.54, 1.807) is 14.2 Å². The van der Waals surface area contributed by atoms with Crippen LogP contribution in [0.5, 0.6) is 11.5 Å². The zero-order valence-electron chi connectivity index (χ0n) is 18.6. The average molecular weight is 434 g/mol. The fraction of sp³-hybridized carbons (Fsp3) is 0.292. The summed E-state index contributed by atoms with van der Waals surface area (Å²) < 4.78 is 18.7. The zero-order chi connectivity index (χ0) is 22.7. The van der Waals surface area contributed by atoms with Crippen molar-refractivity contribution in [3.63, 3.8) is 0 Å². The van der Waals surface area contributed by atoms with Crippen LogP contribution in [0.15, 0.2) is 59.7 Å². The Morgan fingerprint density at radius 1 is 1.00 bits per heavy atom. The predicted molar refractivity (Wildman–Crippen MR) is 121 cm³/mol. The summed E-state index contributed by atoms with van der Waals surface area (Å²) >= 11 is 0. The Morgan fingerprint density at radius 2 is 1.75 bits per heavy atom. The molecule has 2 aromatic heterocycles. The number of H-pyrrole nitrogens is 1. The molecule has 8 nitrogen and oxygen atoms in total. The maximum absolute atomic E-state index is 12.4. The van der Waals surface area contributed by atoms with Crippen LogP contribution in [0.3, 0.4) is 0 Å². The van der Waals surface area contributed by atoms with Gasteiger partial charge in [-0.15, -0.1) is 0 Å². The van der Waals surface area contributed by atoms with Crippen LogP contribution in [0, 0.1) is 0 Å². The first kappa shape index (κ1) is 21.6. The van der Waals surface area contributed by atoms with Crippen molar-refractivity contribution < 1.29 is 14.2 Å². The van der Waals surface area contributed by atoms with E-state index >= 15 is 0 Å². The number of rotatable bonds is 8. The number of benzene rings is 2. The van der Waals surface area contributed by atoms with E-state index in [-0.39, 0.29) is 5.56 Å². The molecule has 0 spiro atoms. The van der Waals surface area contributed by atoms with E-state index in [1.807, 2.05) is 66.9 Å². The highest BCUT2D eigenvalue weighted by Crippen LogP contribution is 2.29. The van der Waals surface area contributed by atoms with Gasteiger partial charge in [0.15, 0.2) is 22.7 Å². The summed E-state index contributed by atoms with van der Waals surface area (Å²) in [7, 11) is 3.19. The van der Waals surface area contributed by atoms with Gasteiger partial charge in [-0.25, -0.2) is 4.98 Å². The molecular formula is C24H26N4O4. The minimum atomic E-state index is -0.734. The van der Waals surface area contributed by atoms with E-state index in [0.29, 0.717) is 41.6 Å². The quantitative estimate of drug-likeness (QED) is 0.455.